The van der Waals surface area contributed by atoms with Crippen molar-refractivity contribution in [2.24, 2.45) is 5.73 Å². The molecule has 0 unspecified atom stereocenters. The van der Waals surface area contributed by atoms with E-state index in [0.29, 0.717) is 13.2 Å². The molecule has 1 aliphatic rings. The Labute approximate surface area is 123 Å². The van der Waals surface area contributed by atoms with Crippen LogP contribution in [0.15, 0.2) is 10.5 Å². The maximum Gasteiger partial charge on any atom is 0.166 e. The van der Waals surface area contributed by atoms with Crippen molar-refractivity contribution >= 4 is 15.9 Å². The number of rotatable bonds is 4. The molecule has 19 heavy (non-hydrogen) atoms. The first-order chi connectivity index (χ1) is 8.92. The molecule has 3 nitrogen and oxygen atoms in total. The summed E-state index contributed by atoms with van der Waals surface area (Å²) < 4.78 is 12.6. The number of halogens is 1. The zero-order valence-corrected chi connectivity index (χ0v) is 13.6. The fraction of sp³-hybridized carbons (Fsp3) is 0.600. The van der Waals surface area contributed by atoms with Gasteiger partial charge in [0.1, 0.15) is 0 Å². The molecule has 0 radical (unpaired) electrons. The summed E-state index contributed by atoms with van der Waals surface area (Å²) in [7, 11) is 0. The number of ether oxygens (including phenoxy) is 2. The first kappa shape index (κ1) is 14.7. The largest absolute Gasteiger partial charge is 0.490 e. The van der Waals surface area contributed by atoms with Crippen molar-refractivity contribution < 1.29 is 9.47 Å². The zero-order valence-electron chi connectivity index (χ0n) is 12.0. The monoisotopic (exact) mass is 327 g/mol. The maximum atomic E-state index is 6.33. The van der Waals surface area contributed by atoms with Crippen LogP contribution in [0.2, 0.25) is 0 Å². The van der Waals surface area contributed by atoms with Crippen LogP contribution in [0.4, 0.5) is 0 Å². The molecule has 4 heteroatoms. The van der Waals surface area contributed by atoms with Gasteiger partial charge in [0.15, 0.2) is 11.5 Å². The van der Waals surface area contributed by atoms with Gasteiger partial charge >= 0.3 is 0 Å². The highest BCUT2D eigenvalue weighted by Crippen LogP contribution is 2.53. The molecule has 0 heterocycles. The highest BCUT2D eigenvalue weighted by atomic mass is 79.9. The Morgan fingerprint density at radius 2 is 1.95 bits per heavy atom. The molecule has 0 saturated carbocycles. The fourth-order valence-electron chi connectivity index (χ4n) is 2.98. The second-order valence-electron chi connectivity index (χ2n) is 5.53. The Morgan fingerprint density at radius 1 is 1.32 bits per heavy atom. The van der Waals surface area contributed by atoms with Gasteiger partial charge in [-0.1, -0.05) is 29.8 Å². The molecular weight excluding hydrogens is 306 g/mol. The molecule has 1 aromatic carbocycles. The summed E-state index contributed by atoms with van der Waals surface area (Å²) in [6.07, 6.45) is 0.927. The molecule has 1 atom stereocenters. The van der Waals surface area contributed by atoms with E-state index in [1.165, 1.54) is 5.56 Å². The van der Waals surface area contributed by atoms with Gasteiger partial charge in [0.25, 0.3) is 0 Å². The van der Waals surface area contributed by atoms with E-state index in [1.54, 1.807) is 0 Å². The van der Waals surface area contributed by atoms with Gasteiger partial charge in [-0.25, -0.2) is 0 Å². The van der Waals surface area contributed by atoms with E-state index in [0.717, 1.165) is 28.0 Å². The Bertz CT molecular complexity index is 486. The van der Waals surface area contributed by atoms with Crippen LogP contribution >= 0.6 is 15.9 Å². The average molecular weight is 328 g/mol. The van der Waals surface area contributed by atoms with E-state index in [2.05, 4.69) is 29.8 Å². The summed E-state index contributed by atoms with van der Waals surface area (Å²) in [5, 5.41) is 0. The van der Waals surface area contributed by atoms with E-state index < -0.39 is 0 Å². The van der Waals surface area contributed by atoms with Gasteiger partial charge in [0.05, 0.1) is 13.2 Å². The predicted octanol–water partition coefficient (Wildman–Crippen LogP) is 3.93. The van der Waals surface area contributed by atoms with E-state index in [9.17, 15) is 0 Å². The molecule has 0 aliphatic heterocycles. The van der Waals surface area contributed by atoms with Crippen LogP contribution < -0.4 is 15.2 Å². The number of hydrogen-bond acceptors (Lipinski definition) is 3. The average Bonchev–Trinajstić information content (AvgIpc) is 2.55. The summed E-state index contributed by atoms with van der Waals surface area (Å²) in [5.74, 6) is 1.60. The standard InChI is InChI=1S/C15H22BrNO2/c1-5-18-11-7-9(16)13-12(14(11)19-6-2)10(17)8-15(13,3)4/h7,10H,5-6,8,17H2,1-4H3/t10-/m1/s1. The van der Waals surface area contributed by atoms with E-state index in [1.807, 2.05) is 19.9 Å². The van der Waals surface area contributed by atoms with Crippen molar-refractivity contribution in [1.82, 2.24) is 0 Å². The number of fused-ring (bicyclic) bond motifs is 1. The SMILES string of the molecule is CCOc1cc(Br)c2c(c1OCC)[C@H](N)CC2(C)C. The van der Waals surface area contributed by atoms with Crippen molar-refractivity contribution in [1.29, 1.82) is 0 Å². The van der Waals surface area contributed by atoms with Gasteiger partial charge in [-0.05, 0) is 37.3 Å². The smallest absolute Gasteiger partial charge is 0.166 e. The third-order valence-corrected chi connectivity index (χ3v) is 4.23. The molecule has 0 aromatic heterocycles. The van der Waals surface area contributed by atoms with Crippen molar-refractivity contribution in [3.05, 3.63) is 21.7 Å². The minimum atomic E-state index is 0.00301. The number of benzene rings is 1. The number of hydrogen-bond donors (Lipinski definition) is 1. The summed E-state index contributed by atoms with van der Waals surface area (Å²) in [4.78, 5) is 0. The zero-order chi connectivity index (χ0) is 14.2. The first-order valence-electron chi connectivity index (χ1n) is 6.80. The van der Waals surface area contributed by atoms with Gasteiger partial charge in [-0.3, -0.25) is 0 Å². The van der Waals surface area contributed by atoms with E-state index in [4.69, 9.17) is 15.2 Å². The fourth-order valence-corrected chi connectivity index (χ4v) is 3.94. The summed E-state index contributed by atoms with van der Waals surface area (Å²) >= 11 is 3.67. The van der Waals surface area contributed by atoms with Gasteiger partial charge in [-0.15, -0.1) is 0 Å². The van der Waals surface area contributed by atoms with E-state index >= 15 is 0 Å². The lowest BCUT2D eigenvalue weighted by atomic mass is 9.86. The van der Waals surface area contributed by atoms with E-state index in [-0.39, 0.29) is 11.5 Å². The number of nitrogens with two attached hydrogens (primary N) is 1. The van der Waals surface area contributed by atoms with Gasteiger partial charge < -0.3 is 15.2 Å². The highest BCUT2D eigenvalue weighted by Gasteiger charge is 2.40. The van der Waals surface area contributed by atoms with Crippen LogP contribution in [-0.4, -0.2) is 13.2 Å². The van der Waals surface area contributed by atoms with Crippen molar-refractivity contribution in [2.75, 3.05) is 13.2 Å². The Kier molecular flexibility index (Phi) is 4.11. The lowest BCUT2D eigenvalue weighted by Gasteiger charge is -2.22. The molecule has 1 aromatic rings. The van der Waals surface area contributed by atoms with Gasteiger partial charge in [0.2, 0.25) is 0 Å². The highest BCUT2D eigenvalue weighted by molar-refractivity contribution is 9.10. The van der Waals surface area contributed by atoms with Crippen molar-refractivity contribution in [3.63, 3.8) is 0 Å². The molecule has 1 aliphatic carbocycles. The third kappa shape index (κ3) is 2.48. The molecule has 0 bridgehead atoms. The third-order valence-electron chi connectivity index (χ3n) is 3.60. The first-order valence-corrected chi connectivity index (χ1v) is 7.59. The summed E-state index contributed by atoms with van der Waals surface area (Å²) in [5.41, 5.74) is 8.75. The van der Waals surface area contributed by atoms with Crippen LogP contribution in [-0.2, 0) is 5.41 Å². The van der Waals surface area contributed by atoms with Crippen molar-refractivity contribution in [2.45, 2.75) is 45.6 Å². The Balaban J connectivity index is 2.66. The van der Waals surface area contributed by atoms with Crippen LogP contribution in [0.3, 0.4) is 0 Å². The molecule has 0 fully saturated rings. The normalized spacial score (nSPS) is 20.2. The topological polar surface area (TPSA) is 44.5 Å². The molecule has 2 rings (SSSR count). The quantitative estimate of drug-likeness (QED) is 0.911. The van der Waals surface area contributed by atoms with Crippen LogP contribution in [0.5, 0.6) is 11.5 Å². The Morgan fingerprint density at radius 3 is 2.53 bits per heavy atom. The lowest BCUT2D eigenvalue weighted by molar-refractivity contribution is 0.284. The van der Waals surface area contributed by atoms with Crippen LogP contribution in [0, 0.1) is 0 Å². The summed E-state index contributed by atoms with van der Waals surface area (Å²) in [6.45, 7) is 9.63. The molecule has 0 amide bonds. The molecule has 2 N–H and O–H groups in total. The van der Waals surface area contributed by atoms with Crippen LogP contribution in [0.1, 0.15) is 51.3 Å². The second kappa shape index (κ2) is 5.33. The molecular formula is C15H22BrNO2. The second-order valence-corrected chi connectivity index (χ2v) is 6.39. The lowest BCUT2D eigenvalue weighted by Crippen LogP contribution is -2.14. The molecule has 0 saturated heterocycles. The Hall–Kier alpha value is -0.740. The maximum absolute atomic E-state index is 6.33. The van der Waals surface area contributed by atoms with Gasteiger partial charge in [-0.2, -0.15) is 0 Å². The minimum absolute atomic E-state index is 0.00301. The molecule has 106 valence electrons. The van der Waals surface area contributed by atoms with Crippen molar-refractivity contribution in [3.8, 4) is 11.5 Å². The minimum Gasteiger partial charge on any atom is -0.490 e. The van der Waals surface area contributed by atoms with Gasteiger partial charge in [0, 0.05) is 16.1 Å². The summed E-state index contributed by atoms with van der Waals surface area (Å²) in [6, 6.07) is 2.01. The van der Waals surface area contributed by atoms with Crippen LogP contribution in [0.25, 0.3) is 0 Å². The molecule has 0 spiro atoms. The predicted molar refractivity (Wildman–Crippen MR) is 81.1 cm³/mol.